The van der Waals surface area contributed by atoms with E-state index in [1.807, 2.05) is 11.8 Å². The van der Waals surface area contributed by atoms with Crippen molar-refractivity contribution in [3.05, 3.63) is 50.7 Å². The second kappa shape index (κ2) is 6.26. The summed E-state index contributed by atoms with van der Waals surface area (Å²) in [6, 6.07) is 4.50. The number of thiophene rings is 1. The molecule has 1 aliphatic rings. The van der Waals surface area contributed by atoms with Gasteiger partial charge in [-0.3, -0.25) is 0 Å². The van der Waals surface area contributed by atoms with Gasteiger partial charge in [0.15, 0.2) is 0 Å². The highest BCUT2D eigenvalue weighted by Crippen LogP contribution is 2.42. The van der Waals surface area contributed by atoms with Crippen LogP contribution in [-0.2, 0) is 12.2 Å². The van der Waals surface area contributed by atoms with Crippen molar-refractivity contribution in [3.63, 3.8) is 0 Å². The number of ether oxygens (including phenoxy) is 1. The van der Waals surface area contributed by atoms with Gasteiger partial charge in [-0.2, -0.15) is 11.8 Å². The van der Waals surface area contributed by atoms with Crippen molar-refractivity contribution in [2.45, 2.75) is 17.0 Å². The van der Waals surface area contributed by atoms with Crippen molar-refractivity contribution in [2.24, 2.45) is 0 Å². The molecule has 6 heteroatoms. The van der Waals surface area contributed by atoms with Gasteiger partial charge in [-0.1, -0.05) is 15.9 Å². The van der Waals surface area contributed by atoms with Gasteiger partial charge in [-0.15, -0.1) is 11.3 Å². The molecular formula is C15H13BrF2OS2. The van der Waals surface area contributed by atoms with Gasteiger partial charge in [0.2, 0.25) is 0 Å². The van der Waals surface area contributed by atoms with Crippen LogP contribution in [0.1, 0.15) is 25.7 Å². The van der Waals surface area contributed by atoms with Crippen molar-refractivity contribution >= 4 is 39.0 Å². The van der Waals surface area contributed by atoms with Gasteiger partial charge < -0.3 is 4.74 Å². The molecule has 0 fully saturated rings. The molecular weight excluding hydrogens is 378 g/mol. The van der Waals surface area contributed by atoms with Gasteiger partial charge in [0.1, 0.15) is 17.4 Å². The van der Waals surface area contributed by atoms with Gasteiger partial charge in [0.25, 0.3) is 0 Å². The molecule has 1 aliphatic heterocycles. The summed E-state index contributed by atoms with van der Waals surface area (Å²) in [5.74, 6) is 1.11. The van der Waals surface area contributed by atoms with Crippen LogP contribution in [0.4, 0.5) is 8.78 Å². The highest BCUT2D eigenvalue weighted by Gasteiger charge is 2.24. The molecule has 3 rings (SSSR count). The molecule has 2 heterocycles. The van der Waals surface area contributed by atoms with Crippen LogP contribution in [-0.4, -0.2) is 12.9 Å². The molecule has 0 saturated heterocycles. The number of aryl methyl sites for hydroxylation is 1. The molecule has 1 aromatic heterocycles. The van der Waals surface area contributed by atoms with Crippen LogP contribution in [0.15, 0.2) is 18.2 Å². The lowest BCUT2D eigenvalue weighted by molar-refractivity contribution is 0.405. The number of benzene rings is 1. The Kier molecular flexibility index (Phi) is 4.57. The number of rotatable bonds is 3. The lowest BCUT2D eigenvalue weighted by atomic mass is 10.1. The van der Waals surface area contributed by atoms with Gasteiger partial charge in [-0.25, -0.2) is 8.78 Å². The number of halogens is 3. The third kappa shape index (κ3) is 2.98. The van der Waals surface area contributed by atoms with Crippen LogP contribution in [0.2, 0.25) is 0 Å². The number of methoxy groups -OCH3 is 1. The predicted molar refractivity (Wildman–Crippen MR) is 87.9 cm³/mol. The zero-order chi connectivity index (χ0) is 15.0. The standard InChI is InChI=1S/C15H13BrF2OS2/c1-19-9-5-10(17)14(11(18)6-9)15(16)13-4-8-7-20-3-2-12(8)21-13/h4-6,15H,2-3,7H2,1H3. The largest absolute Gasteiger partial charge is 0.497 e. The Morgan fingerprint density at radius 3 is 2.57 bits per heavy atom. The Morgan fingerprint density at radius 1 is 1.24 bits per heavy atom. The van der Waals surface area contributed by atoms with Crippen molar-refractivity contribution in [3.8, 4) is 5.75 Å². The normalized spacial score (nSPS) is 15.6. The topological polar surface area (TPSA) is 9.23 Å². The molecule has 0 amide bonds. The first-order chi connectivity index (χ1) is 10.1. The molecule has 1 aromatic carbocycles. The maximum atomic E-state index is 14.2. The first-order valence-electron chi connectivity index (χ1n) is 6.46. The third-order valence-corrected chi connectivity index (χ3v) is 7.00. The number of alkyl halides is 1. The maximum absolute atomic E-state index is 14.2. The van der Waals surface area contributed by atoms with Crippen LogP contribution < -0.4 is 4.74 Å². The van der Waals surface area contributed by atoms with E-state index in [0.717, 1.165) is 22.8 Å². The first-order valence-corrected chi connectivity index (χ1v) is 9.35. The number of hydrogen-bond acceptors (Lipinski definition) is 3. The van der Waals surface area contributed by atoms with Crippen LogP contribution in [0.5, 0.6) is 5.75 Å². The predicted octanol–water partition coefficient (Wildman–Crippen LogP) is 5.31. The molecule has 0 aliphatic carbocycles. The van der Waals surface area contributed by atoms with Crippen molar-refractivity contribution in [2.75, 3.05) is 12.9 Å². The van der Waals surface area contributed by atoms with E-state index in [9.17, 15) is 8.78 Å². The van der Waals surface area contributed by atoms with Crippen LogP contribution >= 0.6 is 39.0 Å². The lowest BCUT2D eigenvalue weighted by Crippen LogP contribution is -2.00. The van der Waals surface area contributed by atoms with E-state index >= 15 is 0 Å². The zero-order valence-corrected chi connectivity index (χ0v) is 14.5. The summed E-state index contributed by atoms with van der Waals surface area (Å²) >= 11 is 6.99. The summed E-state index contributed by atoms with van der Waals surface area (Å²) < 4.78 is 33.2. The highest BCUT2D eigenvalue weighted by molar-refractivity contribution is 9.09. The summed E-state index contributed by atoms with van der Waals surface area (Å²) in [7, 11) is 1.39. The van der Waals surface area contributed by atoms with Gasteiger partial charge in [-0.05, 0) is 23.8 Å². The summed E-state index contributed by atoms with van der Waals surface area (Å²) in [4.78, 5) is 1.82. The molecule has 112 valence electrons. The molecule has 0 spiro atoms. The minimum absolute atomic E-state index is 0.0436. The third-order valence-electron chi connectivity index (χ3n) is 3.44. The number of hydrogen-bond donors (Lipinski definition) is 0. The molecule has 0 N–H and O–H groups in total. The Balaban J connectivity index is 1.98. The Labute approximate surface area is 138 Å². The van der Waals surface area contributed by atoms with Crippen molar-refractivity contribution < 1.29 is 13.5 Å². The van der Waals surface area contributed by atoms with Gasteiger partial charge in [0.05, 0.1) is 11.9 Å². The summed E-state index contributed by atoms with van der Waals surface area (Å²) in [5, 5.41) is 0. The molecule has 1 atom stereocenters. The van der Waals surface area contributed by atoms with Crippen molar-refractivity contribution in [1.29, 1.82) is 0 Å². The van der Waals surface area contributed by atoms with Crippen LogP contribution in [0, 0.1) is 11.6 Å². The fourth-order valence-corrected chi connectivity index (χ4v) is 5.57. The average molecular weight is 391 g/mol. The van der Waals surface area contributed by atoms with E-state index in [0.29, 0.717) is 0 Å². The van der Waals surface area contributed by atoms with E-state index in [-0.39, 0.29) is 11.3 Å². The smallest absolute Gasteiger partial charge is 0.134 e. The molecule has 0 saturated carbocycles. The van der Waals surface area contributed by atoms with Gasteiger partial charge >= 0.3 is 0 Å². The van der Waals surface area contributed by atoms with E-state index < -0.39 is 16.5 Å². The fourth-order valence-electron chi connectivity index (χ4n) is 2.36. The minimum Gasteiger partial charge on any atom is -0.497 e. The first kappa shape index (κ1) is 15.3. The second-order valence-electron chi connectivity index (χ2n) is 4.77. The zero-order valence-electron chi connectivity index (χ0n) is 11.3. The number of thioether (sulfide) groups is 1. The lowest BCUT2D eigenvalue weighted by Gasteiger charge is -2.12. The molecule has 0 radical (unpaired) electrons. The quantitative estimate of drug-likeness (QED) is 0.656. The number of fused-ring (bicyclic) bond motifs is 1. The molecule has 1 unspecified atom stereocenters. The fraction of sp³-hybridized carbons (Fsp3) is 0.333. The average Bonchev–Trinajstić information content (AvgIpc) is 2.90. The second-order valence-corrected chi connectivity index (χ2v) is 7.96. The SMILES string of the molecule is COc1cc(F)c(C(Br)c2cc3c(s2)CCSC3)c(F)c1. The summed E-state index contributed by atoms with van der Waals surface area (Å²) in [5.41, 5.74) is 1.34. The molecule has 0 bridgehead atoms. The Hall–Kier alpha value is -0.590. The Morgan fingerprint density at radius 2 is 1.95 bits per heavy atom. The van der Waals surface area contributed by atoms with E-state index in [4.69, 9.17) is 4.74 Å². The van der Waals surface area contributed by atoms with E-state index in [1.54, 1.807) is 11.3 Å². The highest BCUT2D eigenvalue weighted by atomic mass is 79.9. The summed E-state index contributed by atoms with van der Waals surface area (Å²) in [6.07, 6.45) is 1.04. The Bertz CT molecular complexity index is 625. The van der Waals surface area contributed by atoms with Gasteiger partial charge in [0, 0.05) is 33.2 Å². The van der Waals surface area contributed by atoms with E-state index in [2.05, 4.69) is 22.0 Å². The molecule has 2 aromatic rings. The monoisotopic (exact) mass is 390 g/mol. The van der Waals surface area contributed by atoms with Crippen LogP contribution in [0.25, 0.3) is 0 Å². The minimum atomic E-state index is -0.588. The maximum Gasteiger partial charge on any atom is 0.134 e. The molecule has 21 heavy (non-hydrogen) atoms. The van der Waals surface area contributed by atoms with E-state index in [1.165, 1.54) is 29.7 Å². The van der Waals surface area contributed by atoms with Crippen molar-refractivity contribution in [1.82, 2.24) is 0 Å². The molecule has 1 nitrogen and oxygen atoms in total. The van der Waals surface area contributed by atoms with Crippen LogP contribution in [0.3, 0.4) is 0 Å². The summed E-state index contributed by atoms with van der Waals surface area (Å²) in [6.45, 7) is 0.